The molecule has 0 saturated carbocycles. The zero-order chi connectivity index (χ0) is 18.1. The van der Waals surface area contributed by atoms with Gasteiger partial charge in [-0.1, -0.05) is 6.07 Å². The van der Waals surface area contributed by atoms with E-state index >= 15 is 0 Å². The van der Waals surface area contributed by atoms with Crippen molar-refractivity contribution in [2.45, 2.75) is 31.3 Å². The Morgan fingerprint density at radius 2 is 2.04 bits per heavy atom. The van der Waals surface area contributed by atoms with Crippen LogP contribution in [0.5, 0.6) is 5.75 Å². The highest BCUT2D eigenvalue weighted by molar-refractivity contribution is 6.00. The van der Waals surface area contributed by atoms with E-state index in [1.165, 1.54) is 18.2 Å². The number of Topliss-reactive ketones (excluding diaryl/α,β-unsaturated/α-hetero) is 1. The van der Waals surface area contributed by atoms with Gasteiger partial charge in [0.1, 0.15) is 17.2 Å². The molecule has 2 aliphatic heterocycles. The third kappa shape index (κ3) is 3.19. The average molecular weight is 354 g/mol. The third-order valence-corrected chi connectivity index (χ3v) is 5.14. The van der Waals surface area contributed by atoms with E-state index < -0.39 is 11.4 Å². The molecule has 3 heterocycles. The lowest BCUT2D eigenvalue weighted by molar-refractivity contribution is -0.134. The van der Waals surface area contributed by atoms with E-state index in [2.05, 4.69) is 4.98 Å². The van der Waals surface area contributed by atoms with Crippen LogP contribution in [0.1, 0.15) is 35.3 Å². The molecule has 2 aromatic rings. The third-order valence-electron chi connectivity index (χ3n) is 5.14. The van der Waals surface area contributed by atoms with Crippen LogP contribution in [0.3, 0.4) is 0 Å². The van der Waals surface area contributed by atoms with Crippen molar-refractivity contribution in [3.8, 4) is 5.75 Å². The molecule has 0 aliphatic carbocycles. The van der Waals surface area contributed by atoms with Crippen molar-refractivity contribution < 1.29 is 18.7 Å². The molecule has 1 spiro atoms. The minimum absolute atomic E-state index is 0.0205. The number of ketones is 1. The van der Waals surface area contributed by atoms with Crippen LogP contribution in [-0.2, 0) is 11.2 Å². The van der Waals surface area contributed by atoms with Gasteiger partial charge in [0.15, 0.2) is 5.78 Å². The summed E-state index contributed by atoms with van der Waals surface area (Å²) >= 11 is 0. The van der Waals surface area contributed by atoms with Gasteiger partial charge in [-0.25, -0.2) is 4.39 Å². The van der Waals surface area contributed by atoms with Crippen LogP contribution < -0.4 is 4.74 Å². The number of piperidine rings is 1. The van der Waals surface area contributed by atoms with Crippen molar-refractivity contribution >= 4 is 11.7 Å². The number of likely N-dealkylation sites (tertiary alicyclic amines) is 1. The number of carbonyl (C=O) groups is 2. The first-order chi connectivity index (χ1) is 12.5. The van der Waals surface area contributed by atoms with Gasteiger partial charge in [-0.15, -0.1) is 0 Å². The highest BCUT2D eigenvalue weighted by Gasteiger charge is 2.43. The van der Waals surface area contributed by atoms with Crippen LogP contribution in [0.25, 0.3) is 0 Å². The van der Waals surface area contributed by atoms with Gasteiger partial charge in [0.25, 0.3) is 0 Å². The highest BCUT2D eigenvalue weighted by atomic mass is 19.1. The summed E-state index contributed by atoms with van der Waals surface area (Å²) in [6.45, 7) is 1.03. The number of halogens is 1. The number of pyridine rings is 1. The molecule has 1 fully saturated rings. The number of aromatic nitrogens is 1. The fraction of sp³-hybridized carbons (Fsp3) is 0.350. The number of nitrogens with zero attached hydrogens (tertiary/aromatic N) is 2. The zero-order valence-electron chi connectivity index (χ0n) is 14.3. The van der Waals surface area contributed by atoms with Gasteiger partial charge in [-0.2, -0.15) is 0 Å². The summed E-state index contributed by atoms with van der Waals surface area (Å²) in [4.78, 5) is 30.9. The second kappa shape index (κ2) is 6.52. The van der Waals surface area contributed by atoms with E-state index in [4.69, 9.17) is 4.74 Å². The quantitative estimate of drug-likeness (QED) is 0.832. The minimum atomic E-state index is -0.639. The van der Waals surface area contributed by atoms with E-state index in [1.54, 1.807) is 11.1 Å². The summed E-state index contributed by atoms with van der Waals surface area (Å²) in [5.74, 6) is -0.113. The Morgan fingerprint density at radius 1 is 1.23 bits per heavy atom. The van der Waals surface area contributed by atoms with Crippen LogP contribution in [0.15, 0.2) is 42.6 Å². The first kappa shape index (κ1) is 16.7. The summed E-state index contributed by atoms with van der Waals surface area (Å²) < 4.78 is 19.5. The van der Waals surface area contributed by atoms with Crippen LogP contribution in [0.2, 0.25) is 0 Å². The lowest BCUT2D eigenvalue weighted by Crippen LogP contribution is -2.52. The maximum atomic E-state index is 13.5. The molecular weight excluding hydrogens is 335 g/mol. The number of hydrogen-bond donors (Lipinski definition) is 0. The number of fused-ring (bicyclic) bond motifs is 1. The number of amides is 1. The average Bonchev–Trinajstić information content (AvgIpc) is 2.62. The number of rotatable bonds is 2. The Morgan fingerprint density at radius 3 is 2.77 bits per heavy atom. The van der Waals surface area contributed by atoms with Gasteiger partial charge in [-0.3, -0.25) is 14.6 Å². The summed E-state index contributed by atoms with van der Waals surface area (Å²) in [5.41, 5.74) is 0.539. The maximum absolute atomic E-state index is 13.5. The van der Waals surface area contributed by atoms with E-state index in [9.17, 15) is 14.0 Å². The molecule has 26 heavy (non-hydrogen) atoms. The zero-order valence-corrected chi connectivity index (χ0v) is 14.3. The van der Waals surface area contributed by atoms with Crippen molar-refractivity contribution in [3.05, 3.63) is 59.7 Å². The molecule has 0 N–H and O–H groups in total. The van der Waals surface area contributed by atoms with Gasteiger partial charge in [0.2, 0.25) is 5.91 Å². The molecule has 6 heteroatoms. The molecule has 2 aliphatic rings. The van der Waals surface area contributed by atoms with Gasteiger partial charge < -0.3 is 9.64 Å². The lowest BCUT2D eigenvalue weighted by atomic mass is 9.82. The Kier molecular flexibility index (Phi) is 4.18. The monoisotopic (exact) mass is 354 g/mol. The molecular formula is C20H19FN2O3. The number of benzene rings is 1. The van der Waals surface area contributed by atoms with E-state index in [0.29, 0.717) is 37.2 Å². The van der Waals surface area contributed by atoms with Crippen molar-refractivity contribution in [1.29, 1.82) is 0 Å². The smallest absolute Gasteiger partial charge is 0.228 e. The lowest BCUT2D eigenvalue weighted by Gasteiger charge is -2.44. The standard InChI is InChI=1S/C20H19FN2O3/c21-14-4-5-16-17(24)13-20(26-18(16)11-14)6-9-23(10-7-20)19(25)12-15-3-1-2-8-22-15/h1-5,8,11H,6-7,9-10,12-13H2. The van der Waals surface area contributed by atoms with Gasteiger partial charge >= 0.3 is 0 Å². The Hall–Kier alpha value is -2.76. The largest absolute Gasteiger partial charge is 0.486 e. The van der Waals surface area contributed by atoms with Gasteiger partial charge in [0, 0.05) is 43.9 Å². The summed E-state index contributed by atoms with van der Waals surface area (Å²) in [6.07, 6.45) is 3.33. The molecule has 0 unspecified atom stereocenters. The van der Waals surface area contributed by atoms with Gasteiger partial charge in [-0.05, 0) is 24.3 Å². The van der Waals surface area contributed by atoms with Crippen molar-refractivity contribution in [3.63, 3.8) is 0 Å². The predicted octanol–water partition coefficient (Wildman–Crippen LogP) is 2.79. The number of ether oxygens (including phenoxy) is 1. The SMILES string of the molecule is O=C1CC2(CCN(C(=O)Cc3ccccn3)CC2)Oc2cc(F)ccc21. The normalized spacial score (nSPS) is 18.3. The van der Waals surface area contributed by atoms with Crippen LogP contribution >= 0.6 is 0 Å². The fourth-order valence-electron chi connectivity index (χ4n) is 3.68. The topological polar surface area (TPSA) is 59.5 Å². The number of carbonyl (C=O) groups excluding carboxylic acids is 2. The molecule has 4 rings (SSSR count). The minimum Gasteiger partial charge on any atom is -0.486 e. The summed E-state index contributed by atoms with van der Waals surface area (Å²) in [7, 11) is 0. The number of hydrogen-bond acceptors (Lipinski definition) is 4. The fourth-order valence-corrected chi connectivity index (χ4v) is 3.68. The highest BCUT2D eigenvalue weighted by Crippen LogP contribution is 2.39. The summed E-state index contributed by atoms with van der Waals surface area (Å²) in [6, 6.07) is 9.53. The molecule has 5 nitrogen and oxygen atoms in total. The molecule has 1 saturated heterocycles. The van der Waals surface area contributed by atoms with Crippen molar-refractivity contribution in [2.75, 3.05) is 13.1 Å². The van der Waals surface area contributed by atoms with Crippen molar-refractivity contribution in [2.24, 2.45) is 0 Å². The second-order valence-electron chi connectivity index (χ2n) is 6.90. The molecule has 1 aromatic heterocycles. The Bertz CT molecular complexity index is 845. The Labute approximate surface area is 150 Å². The molecule has 0 atom stereocenters. The molecule has 134 valence electrons. The second-order valence-corrected chi connectivity index (χ2v) is 6.90. The van der Waals surface area contributed by atoms with Gasteiger partial charge in [0.05, 0.1) is 18.4 Å². The molecule has 1 aromatic carbocycles. The Balaban J connectivity index is 1.43. The van der Waals surface area contributed by atoms with Crippen LogP contribution in [0.4, 0.5) is 4.39 Å². The van der Waals surface area contributed by atoms with Crippen LogP contribution in [-0.4, -0.2) is 40.3 Å². The first-order valence-electron chi connectivity index (χ1n) is 8.74. The molecule has 1 amide bonds. The predicted molar refractivity (Wildman–Crippen MR) is 92.5 cm³/mol. The maximum Gasteiger partial charge on any atom is 0.228 e. The molecule has 0 bridgehead atoms. The molecule has 0 radical (unpaired) electrons. The van der Waals surface area contributed by atoms with E-state index in [1.807, 2.05) is 18.2 Å². The summed E-state index contributed by atoms with van der Waals surface area (Å²) in [5, 5.41) is 0. The van der Waals surface area contributed by atoms with Crippen LogP contribution in [0, 0.1) is 5.82 Å². The van der Waals surface area contributed by atoms with E-state index in [-0.39, 0.29) is 24.5 Å². The first-order valence-corrected chi connectivity index (χ1v) is 8.74. The van der Waals surface area contributed by atoms with E-state index in [0.717, 1.165) is 5.69 Å². The van der Waals surface area contributed by atoms with Crippen molar-refractivity contribution in [1.82, 2.24) is 9.88 Å².